The minimum absolute atomic E-state index is 0.163. The number of ketones is 1. The van der Waals surface area contributed by atoms with E-state index in [1.54, 1.807) is 18.5 Å². The molecule has 1 aliphatic rings. The zero-order valence-corrected chi connectivity index (χ0v) is 14.5. The second-order valence-electron chi connectivity index (χ2n) is 6.70. The summed E-state index contributed by atoms with van der Waals surface area (Å²) in [6, 6.07) is 13.5. The third kappa shape index (κ3) is 3.16. The molecule has 0 aliphatic heterocycles. The number of imidazole rings is 1. The zero-order valence-electron chi connectivity index (χ0n) is 14.5. The van der Waals surface area contributed by atoms with Crippen LogP contribution in [0.25, 0.3) is 11.1 Å². The molecular weight excluding hydrogens is 322 g/mol. The van der Waals surface area contributed by atoms with E-state index in [1.165, 1.54) is 17.6 Å². The molecule has 2 aromatic heterocycles. The van der Waals surface area contributed by atoms with Crippen LogP contribution in [-0.4, -0.2) is 15.2 Å². The zero-order chi connectivity index (χ0) is 17.9. The minimum atomic E-state index is 0.163. The van der Waals surface area contributed by atoms with Crippen LogP contribution in [0.4, 0.5) is 0 Å². The van der Waals surface area contributed by atoms with Gasteiger partial charge >= 0.3 is 0 Å². The summed E-state index contributed by atoms with van der Waals surface area (Å²) < 4.78 is 2.03. The lowest BCUT2D eigenvalue weighted by Gasteiger charge is -2.13. The van der Waals surface area contributed by atoms with Crippen molar-refractivity contribution < 1.29 is 4.79 Å². The molecule has 0 unspecified atom stereocenters. The summed E-state index contributed by atoms with van der Waals surface area (Å²) in [5, 5.41) is 8.89. The summed E-state index contributed by atoms with van der Waals surface area (Å²) in [5.41, 5.74) is 6.08. The number of allylic oxidation sites excluding steroid dienone is 2. The lowest BCUT2D eigenvalue weighted by molar-refractivity contribution is -0.117. The largest absolute Gasteiger partial charge is 0.302 e. The van der Waals surface area contributed by atoms with Crippen LogP contribution in [0.5, 0.6) is 0 Å². The van der Waals surface area contributed by atoms with E-state index in [0.29, 0.717) is 18.4 Å². The van der Waals surface area contributed by atoms with E-state index in [-0.39, 0.29) is 5.78 Å². The van der Waals surface area contributed by atoms with Crippen molar-refractivity contribution in [1.29, 1.82) is 5.26 Å². The summed E-state index contributed by atoms with van der Waals surface area (Å²) in [5.74, 6) is 0.163. The molecule has 4 heteroatoms. The quantitative estimate of drug-likeness (QED) is 0.701. The van der Waals surface area contributed by atoms with E-state index in [2.05, 4.69) is 29.3 Å². The highest BCUT2D eigenvalue weighted by Crippen LogP contribution is 2.31. The van der Waals surface area contributed by atoms with Gasteiger partial charge in [-0.1, -0.05) is 24.3 Å². The van der Waals surface area contributed by atoms with Gasteiger partial charge in [-0.05, 0) is 54.2 Å². The summed E-state index contributed by atoms with van der Waals surface area (Å²) in [4.78, 5) is 17.0. The second kappa shape index (κ2) is 6.97. The Morgan fingerprint density at radius 3 is 2.73 bits per heavy atom. The van der Waals surface area contributed by atoms with Gasteiger partial charge in [-0.15, -0.1) is 0 Å². The van der Waals surface area contributed by atoms with Gasteiger partial charge in [0.2, 0.25) is 0 Å². The van der Waals surface area contributed by atoms with Crippen molar-refractivity contribution in [3.8, 4) is 6.07 Å². The monoisotopic (exact) mass is 341 g/mol. The molecule has 128 valence electrons. The number of carbonyl (C=O) groups is 1. The molecule has 0 spiro atoms. The number of nitrogens with zero attached hydrogens (tertiary/aromatic N) is 3. The van der Waals surface area contributed by atoms with Gasteiger partial charge in [-0.25, -0.2) is 4.98 Å². The van der Waals surface area contributed by atoms with Crippen LogP contribution in [0, 0.1) is 11.3 Å². The summed E-state index contributed by atoms with van der Waals surface area (Å²) in [6.45, 7) is 0. The van der Waals surface area contributed by atoms with Crippen LogP contribution < -0.4 is 0 Å². The van der Waals surface area contributed by atoms with Gasteiger partial charge < -0.3 is 4.40 Å². The van der Waals surface area contributed by atoms with Crippen LogP contribution in [0.2, 0.25) is 0 Å². The maximum Gasteiger partial charge on any atom is 0.143 e. The molecule has 0 saturated carbocycles. The van der Waals surface area contributed by atoms with E-state index < -0.39 is 0 Å². The molecule has 0 N–H and O–H groups in total. The normalized spacial score (nSPS) is 13.6. The van der Waals surface area contributed by atoms with E-state index in [1.807, 2.05) is 22.7 Å². The minimum Gasteiger partial charge on any atom is -0.302 e. The lowest BCUT2D eigenvalue weighted by Crippen LogP contribution is -2.12. The molecule has 0 atom stereocenters. The summed E-state index contributed by atoms with van der Waals surface area (Å²) >= 11 is 0. The lowest BCUT2D eigenvalue weighted by atomic mass is 9.97. The molecule has 3 aromatic rings. The Balaban J connectivity index is 1.62. The number of aromatic nitrogens is 2. The first kappa shape index (κ1) is 16.3. The predicted molar refractivity (Wildman–Crippen MR) is 101 cm³/mol. The molecule has 1 aromatic carbocycles. The van der Waals surface area contributed by atoms with Gasteiger partial charge in [0, 0.05) is 18.5 Å². The predicted octanol–water partition coefficient (Wildman–Crippen LogP) is 4.13. The molecule has 2 heterocycles. The summed E-state index contributed by atoms with van der Waals surface area (Å²) in [7, 11) is 0. The Hall–Kier alpha value is -3.19. The van der Waals surface area contributed by atoms with Crippen molar-refractivity contribution in [3.63, 3.8) is 0 Å². The number of pyridine rings is 1. The van der Waals surface area contributed by atoms with E-state index in [0.717, 1.165) is 29.6 Å². The van der Waals surface area contributed by atoms with Crippen LogP contribution in [0.1, 0.15) is 41.6 Å². The third-order valence-electron chi connectivity index (χ3n) is 4.93. The fourth-order valence-corrected chi connectivity index (χ4v) is 3.61. The molecule has 26 heavy (non-hydrogen) atoms. The van der Waals surface area contributed by atoms with Crippen molar-refractivity contribution in [2.24, 2.45) is 0 Å². The van der Waals surface area contributed by atoms with Gasteiger partial charge in [0.1, 0.15) is 5.78 Å². The molecule has 4 rings (SSSR count). The number of Topliss-reactive ketones (excluding diaryl/α,β-unsaturated/α-hetero) is 1. The first-order chi connectivity index (χ1) is 12.7. The van der Waals surface area contributed by atoms with Gasteiger partial charge in [0.25, 0.3) is 0 Å². The fourth-order valence-electron chi connectivity index (χ4n) is 3.61. The number of rotatable bonds is 5. The number of nitriles is 1. The highest BCUT2D eigenvalue weighted by atomic mass is 16.1. The topological polar surface area (TPSA) is 58.2 Å². The summed E-state index contributed by atoms with van der Waals surface area (Å²) in [6.07, 6.45) is 9.99. The van der Waals surface area contributed by atoms with Crippen LogP contribution in [0.15, 0.2) is 55.0 Å². The first-order valence-electron chi connectivity index (χ1n) is 8.88. The number of hydrogen-bond acceptors (Lipinski definition) is 3. The number of hydrogen-bond donors (Lipinski definition) is 0. The molecular formula is C22H19N3O. The van der Waals surface area contributed by atoms with Gasteiger partial charge in [0.15, 0.2) is 0 Å². The maximum atomic E-state index is 12.8. The van der Waals surface area contributed by atoms with Crippen molar-refractivity contribution in [2.45, 2.75) is 32.1 Å². The third-order valence-corrected chi connectivity index (χ3v) is 4.93. The molecule has 1 aliphatic carbocycles. The molecule has 0 fully saturated rings. The molecule has 0 radical (unpaired) electrons. The number of benzene rings is 1. The van der Waals surface area contributed by atoms with E-state index in [9.17, 15) is 4.79 Å². The fraction of sp³-hybridized carbons (Fsp3) is 0.227. The Bertz CT molecular complexity index is 1040. The average Bonchev–Trinajstić information content (AvgIpc) is 3.34. The van der Waals surface area contributed by atoms with E-state index >= 15 is 0 Å². The van der Waals surface area contributed by atoms with Crippen LogP contribution in [-0.2, 0) is 17.6 Å². The van der Waals surface area contributed by atoms with Crippen molar-refractivity contribution >= 4 is 16.9 Å². The smallest absolute Gasteiger partial charge is 0.143 e. The van der Waals surface area contributed by atoms with E-state index in [4.69, 9.17) is 5.26 Å². The SMILES string of the molecule is N#Cc1ccc(CC(=O)Cc2c(C3=CCCC3)ccc3cncn23)cc1. The van der Waals surface area contributed by atoms with Crippen molar-refractivity contribution in [1.82, 2.24) is 9.38 Å². The maximum absolute atomic E-state index is 12.8. The van der Waals surface area contributed by atoms with Crippen molar-refractivity contribution in [2.75, 3.05) is 0 Å². The standard InChI is InChI=1S/C22H19N3O/c23-13-17-7-5-16(6-8-17)11-20(26)12-22-21(18-3-1-2-4-18)10-9-19-14-24-15-25(19)22/h3,5-10,14-15H,1-2,4,11-12H2. The Morgan fingerprint density at radius 1 is 1.15 bits per heavy atom. The van der Waals surface area contributed by atoms with Gasteiger partial charge in [0.05, 0.1) is 29.7 Å². The van der Waals surface area contributed by atoms with Gasteiger partial charge in [-0.2, -0.15) is 5.26 Å². The Labute approximate surface area is 152 Å². The average molecular weight is 341 g/mol. The number of carbonyl (C=O) groups excluding carboxylic acids is 1. The van der Waals surface area contributed by atoms with Crippen LogP contribution >= 0.6 is 0 Å². The molecule has 0 bridgehead atoms. The van der Waals surface area contributed by atoms with Crippen molar-refractivity contribution in [3.05, 3.63) is 77.4 Å². The highest BCUT2D eigenvalue weighted by molar-refractivity contribution is 5.85. The highest BCUT2D eigenvalue weighted by Gasteiger charge is 2.17. The number of fused-ring (bicyclic) bond motifs is 1. The molecule has 0 amide bonds. The van der Waals surface area contributed by atoms with Gasteiger partial charge in [-0.3, -0.25) is 4.79 Å². The first-order valence-corrected chi connectivity index (χ1v) is 8.88. The Morgan fingerprint density at radius 2 is 2.00 bits per heavy atom. The second-order valence-corrected chi connectivity index (χ2v) is 6.70. The Kier molecular flexibility index (Phi) is 4.37. The molecule has 4 nitrogen and oxygen atoms in total. The van der Waals surface area contributed by atoms with Crippen LogP contribution in [0.3, 0.4) is 0 Å². The molecule has 0 saturated heterocycles.